The minimum Gasteiger partial charge on any atom is -0.444 e. The van der Waals surface area contributed by atoms with E-state index < -0.39 is 29.7 Å². The highest BCUT2D eigenvalue weighted by Crippen LogP contribution is 2.32. The Labute approximate surface area is 173 Å². The number of hydrogen-bond donors (Lipinski definition) is 3. The Morgan fingerprint density at radius 2 is 2.03 bits per heavy atom. The maximum Gasteiger partial charge on any atom is 0.408 e. The average Bonchev–Trinajstić information content (AvgIpc) is 3.31. The fraction of sp³-hybridized carbons (Fsp3) is 0.474. The molecule has 0 fully saturated rings. The molecule has 1 aromatic heterocycles. The summed E-state index contributed by atoms with van der Waals surface area (Å²) in [6, 6.07) is 5.64. The summed E-state index contributed by atoms with van der Waals surface area (Å²) in [6.45, 7) is 6.84. The van der Waals surface area contributed by atoms with E-state index in [2.05, 4.69) is 31.3 Å². The van der Waals surface area contributed by atoms with E-state index in [1.54, 1.807) is 39.8 Å². The van der Waals surface area contributed by atoms with Crippen molar-refractivity contribution in [3.05, 3.63) is 35.7 Å². The standard InChI is InChI=1S/C19H25N7O4/c1-11(21-18(29)30-19(2,3)4)17(28)26-13-8-6-5-7-12(13)9-14(26)16(27)20-10-15-22-24-25-23-15/h5-8,11,14H,9-10H2,1-4H3,(H,20,27)(H,21,29)(H,22,23,24,25)/t11-,14+/m1/s1. The second-order valence-corrected chi connectivity index (χ2v) is 7.97. The van der Waals surface area contributed by atoms with Crippen LogP contribution in [0.5, 0.6) is 0 Å². The molecular formula is C19H25N7O4. The van der Waals surface area contributed by atoms with E-state index in [9.17, 15) is 14.4 Å². The molecule has 1 aliphatic heterocycles. The summed E-state index contributed by atoms with van der Waals surface area (Å²) in [6.07, 6.45) is -0.340. The van der Waals surface area contributed by atoms with Gasteiger partial charge in [0.25, 0.3) is 0 Å². The zero-order valence-corrected chi connectivity index (χ0v) is 17.3. The zero-order valence-electron chi connectivity index (χ0n) is 17.3. The Bertz CT molecular complexity index is 923. The molecule has 0 saturated carbocycles. The number of aromatic amines is 1. The van der Waals surface area contributed by atoms with E-state index in [1.165, 1.54) is 4.90 Å². The molecule has 1 aromatic carbocycles. The molecule has 2 atom stereocenters. The van der Waals surface area contributed by atoms with Crippen LogP contribution in [0.3, 0.4) is 0 Å². The molecule has 2 aromatic rings. The summed E-state index contributed by atoms with van der Waals surface area (Å²) in [4.78, 5) is 39.5. The first-order chi connectivity index (χ1) is 14.2. The number of rotatable bonds is 5. The molecule has 11 nitrogen and oxygen atoms in total. The van der Waals surface area contributed by atoms with Crippen LogP contribution in [-0.4, -0.2) is 56.2 Å². The van der Waals surface area contributed by atoms with Crippen molar-refractivity contribution < 1.29 is 19.1 Å². The van der Waals surface area contributed by atoms with Gasteiger partial charge in [-0.1, -0.05) is 23.4 Å². The number of H-pyrrole nitrogens is 1. The predicted molar refractivity (Wildman–Crippen MR) is 106 cm³/mol. The van der Waals surface area contributed by atoms with Gasteiger partial charge in [0.2, 0.25) is 11.8 Å². The van der Waals surface area contributed by atoms with Crippen LogP contribution in [0.1, 0.15) is 39.1 Å². The van der Waals surface area contributed by atoms with Crippen LogP contribution in [0.2, 0.25) is 0 Å². The van der Waals surface area contributed by atoms with Crippen molar-refractivity contribution in [2.45, 2.75) is 58.3 Å². The van der Waals surface area contributed by atoms with Crippen LogP contribution in [0.4, 0.5) is 10.5 Å². The second kappa shape index (κ2) is 8.47. The number of nitrogens with zero attached hydrogens (tertiary/aromatic N) is 4. The fourth-order valence-corrected chi connectivity index (χ4v) is 3.16. The van der Waals surface area contributed by atoms with E-state index in [0.29, 0.717) is 17.9 Å². The maximum absolute atomic E-state index is 13.2. The summed E-state index contributed by atoms with van der Waals surface area (Å²) in [7, 11) is 0. The van der Waals surface area contributed by atoms with Crippen LogP contribution < -0.4 is 15.5 Å². The number of alkyl carbamates (subject to hydrolysis) is 1. The van der Waals surface area contributed by atoms with Crippen molar-refractivity contribution >= 4 is 23.6 Å². The molecule has 2 heterocycles. The Morgan fingerprint density at radius 1 is 1.30 bits per heavy atom. The molecular weight excluding hydrogens is 390 g/mol. The first kappa shape index (κ1) is 21.2. The van der Waals surface area contributed by atoms with Crippen LogP contribution in [-0.2, 0) is 27.3 Å². The number of fused-ring (bicyclic) bond motifs is 1. The van der Waals surface area contributed by atoms with Gasteiger partial charge in [-0.25, -0.2) is 4.79 Å². The minimum atomic E-state index is -0.890. The van der Waals surface area contributed by atoms with E-state index >= 15 is 0 Å². The Balaban J connectivity index is 1.74. The van der Waals surface area contributed by atoms with Gasteiger partial charge in [-0.2, -0.15) is 5.21 Å². The van der Waals surface area contributed by atoms with Crippen LogP contribution in [0.25, 0.3) is 0 Å². The number of aromatic nitrogens is 4. The van der Waals surface area contributed by atoms with Gasteiger partial charge in [-0.15, -0.1) is 10.2 Å². The second-order valence-electron chi connectivity index (χ2n) is 7.97. The number of para-hydroxylation sites is 1. The summed E-state index contributed by atoms with van der Waals surface area (Å²) < 4.78 is 5.22. The van der Waals surface area contributed by atoms with Gasteiger partial charge in [0.15, 0.2) is 5.82 Å². The van der Waals surface area contributed by atoms with Crippen molar-refractivity contribution in [1.82, 2.24) is 31.3 Å². The van der Waals surface area contributed by atoms with Crippen molar-refractivity contribution in [3.63, 3.8) is 0 Å². The monoisotopic (exact) mass is 415 g/mol. The van der Waals surface area contributed by atoms with Gasteiger partial charge in [0, 0.05) is 12.1 Å². The normalized spacial score (nSPS) is 16.5. The number of amides is 3. The number of anilines is 1. The molecule has 0 unspecified atom stereocenters. The summed E-state index contributed by atoms with van der Waals surface area (Å²) in [5, 5.41) is 18.6. The zero-order chi connectivity index (χ0) is 21.9. The largest absolute Gasteiger partial charge is 0.444 e. The van der Waals surface area contributed by atoms with Crippen molar-refractivity contribution in [2.24, 2.45) is 0 Å². The maximum atomic E-state index is 13.2. The van der Waals surface area contributed by atoms with Crippen LogP contribution in [0.15, 0.2) is 24.3 Å². The van der Waals surface area contributed by atoms with Gasteiger partial charge in [0.1, 0.15) is 17.7 Å². The lowest BCUT2D eigenvalue weighted by Crippen LogP contribution is -2.54. The Hall–Kier alpha value is -3.50. The lowest BCUT2D eigenvalue weighted by molar-refractivity contribution is -0.126. The lowest BCUT2D eigenvalue weighted by Gasteiger charge is -2.28. The van der Waals surface area contributed by atoms with Crippen molar-refractivity contribution in [1.29, 1.82) is 0 Å². The number of hydrogen-bond acceptors (Lipinski definition) is 7. The number of carbonyl (C=O) groups is 3. The van der Waals surface area contributed by atoms with Gasteiger partial charge >= 0.3 is 6.09 Å². The van der Waals surface area contributed by atoms with Crippen LogP contribution in [0, 0.1) is 0 Å². The molecule has 11 heteroatoms. The number of carbonyl (C=O) groups excluding carboxylic acids is 3. The highest BCUT2D eigenvalue weighted by molar-refractivity contribution is 6.06. The van der Waals surface area contributed by atoms with E-state index in [-0.39, 0.29) is 12.5 Å². The summed E-state index contributed by atoms with van der Waals surface area (Å²) >= 11 is 0. The number of nitrogens with one attached hydrogen (secondary N) is 3. The van der Waals surface area contributed by atoms with E-state index in [4.69, 9.17) is 4.74 Å². The number of benzene rings is 1. The van der Waals surface area contributed by atoms with Gasteiger partial charge in [-0.05, 0) is 39.3 Å². The van der Waals surface area contributed by atoms with Gasteiger partial charge in [-0.3, -0.25) is 14.5 Å². The van der Waals surface area contributed by atoms with E-state index in [1.807, 2.05) is 12.1 Å². The Kier molecular flexibility index (Phi) is 5.99. The Morgan fingerprint density at radius 3 is 2.70 bits per heavy atom. The molecule has 3 rings (SSSR count). The molecule has 30 heavy (non-hydrogen) atoms. The lowest BCUT2D eigenvalue weighted by atomic mass is 10.1. The number of ether oxygens (including phenoxy) is 1. The molecule has 0 radical (unpaired) electrons. The first-order valence-corrected chi connectivity index (χ1v) is 9.56. The topological polar surface area (TPSA) is 142 Å². The SMILES string of the molecule is C[C@@H](NC(=O)OC(C)(C)C)C(=O)N1c2ccccc2C[C@H]1C(=O)NCc1nn[nH]n1. The molecule has 1 aliphatic rings. The molecule has 0 spiro atoms. The highest BCUT2D eigenvalue weighted by atomic mass is 16.6. The molecule has 0 aliphatic carbocycles. The molecule has 0 bridgehead atoms. The molecule has 3 amide bonds. The fourth-order valence-electron chi connectivity index (χ4n) is 3.16. The van der Waals surface area contributed by atoms with E-state index in [0.717, 1.165) is 5.56 Å². The third kappa shape index (κ3) is 4.91. The van der Waals surface area contributed by atoms with Gasteiger partial charge < -0.3 is 15.4 Å². The van der Waals surface area contributed by atoms with Crippen molar-refractivity contribution in [3.8, 4) is 0 Å². The third-order valence-corrected chi connectivity index (χ3v) is 4.43. The van der Waals surface area contributed by atoms with Gasteiger partial charge in [0.05, 0.1) is 6.54 Å². The van der Waals surface area contributed by atoms with Crippen LogP contribution >= 0.6 is 0 Å². The smallest absolute Gasteiger partial charge is 0.408 e. The van der Waals surface area contributed by atoms with Crippen molar-refractivity contribution in [2.75, 3.05) is 4.90 Å². The average molecular weight is 415 g/mol. The predicted octanol–water partition coefficient (Wildman–Crippen LogP) is 0.687. The summed E-state index contributed by atoms with van der Waals surface area (Å²) in [5.74, 6) is -0.434. The molecule has 3 N–H and O–H groups in total. The highest BCUT2D eigenvalue weighted by Gasteiger charge is 2.40. The molecule has 0 saturated heterocycles. The third-order valence-electron chi connectivity index (χ3n) is 4.43. The summed E-state index contributed by atoms with van der Waals surface area (Å²) in [5.41, 5.74) is 0.820. The minimum absolute atomic E-state index is 0.0793. The first-order valence-electron chi connectivity index (χ1n) is 9.56. The number of tetrazole rings is 1. The molecule has 160 valence electrons. The quantitative estimate of drug-likeness (QED) is 0.652.